The Morgan fingerprint density at radius 3 is 2.32 bits per heavy atom. The maximum absolute atomic E-state index is 12.4. The molecule has 2 rings (SSSR count). The summed E-state index contributed by atoms with van der Waals surface area (Å²) in [5, 5.41) is 0. The van der Waals surface area contributed by atoms with Crippen molar-refractivity contribution in [1.29, 1.82) is 0 Å². The minimum atomic E-state index is -0.0218. The first-order valence-electron chi connectivity index (χ1n) is 7.55. The number of aromatic nitrogens is 1. The smallest absolute Gasteiger partial charge is 0.202 e. The van der Waals surface area contributed by atoms with Crippen molar-refractivity contribution in [3.8, 4) is 11.5 Å². The summed E-state index contributed by atoms with van der Waals surface area (Å²) in [7, 11) is 1.95. The zero-order chi connectivity index (χ0) is 16.1. The van der Waals surface area contributed by atoms with Crippen molar-refractivity contribution in [2.75, 3.05) is 13.2 Å². The van der Waals surface area contributed by atoms with Gasteiger partial charge >= 0.3 is 0 Å². The maximum atomic E-state index is 12.4. The molecule has 0 aliphatic rings. The van der Waals surface area contributed by atoms with Crippen molar-refractivity contribution in [3.63, 3.8) is 0 Å². The number of aryl methyl sites for hydroxylation is 1. The van der Waals surface area contributed by atoms with Gasteiger partial charge in [0.15, 0.2) is 18.1 Å². The molecule has 4 heteroatoms. The number of hydrogen-bond acceptors (Lipinski definition) is 3. The predicted molar refractivity (Wildman–Crippen MR) is 86.9 cm³/mol. The van der Waals surface area contributed by atoms with Crippen molar-refractivity contribution in [2.24, 2.45) is 7.05 Å². The monoisotopic (exact) mass is 301 g/mol. The van der Waals surface area contributed by atoms with Crippen molar-refractivity contribution in [2.45, 2.75) is 27.2 Å². The molecule has 0 spiro atoms. The zero-order valence-electron chi connectivity index (χ0n) is 13.7. The average molecular weight is 301 g/mol. The van der Waals surface area contributed by atoms with E-state index in [1.807, 2.05) is 62.7 Å². The lowest BCUT2D eigenvalue weighted by Gasteiger charge is -2.11. The molecule has 0 fully saturated rings. The summed E-state index contributed by atoms with van der Waals surface area (Å²) in [4.78, 5) is 12.4. The van der Waals surface area contributed by atoms with Crippen molar-refractivity contribution in [3.05, 3.63) is 47.3 Å². The standard InChI is InChI=1S/C18H23NO3/c1-5-10-21-17-8-6-7-9-18(17)22-12-16(20)15-11-13(2)19(4)14(15)3/h6-9,11H,5,10,12H2,1-4H3. The molecule has 0 saturated carbocycles. The number of ketones is 1. The summed E-state index contributed by atoms with van der Waals surface area (Å²) in [5.41, 5.74) is 2.74. The lowest BCUT2D eigenvalue weighted by atomic mass is 10.1. The van der Waals surface area contributed by atoms with E-state index < -0.39 is 0 Å². The summed E-state index contributed by atoms with van der Waals surface area (Å²) < 4.78 is 13.3. The van der Waals surface area contributed by atoms with E-state index in [9.17, 15) is 4.79 Å². The second-order valence-corrected chi connectivity index (χ2v) is 5.35. The number of carbonyl (C=O) groups is 1. The van der Waals surface area contributed by atoms with Gasteiger partial charge in [-0.15, -0.1) is 0 Å². The lowest BCUT2D eigenvalue weighted by molar-refractivity contribution is 0.0918. The van der Waals surface area contributed by atoms with E-state index >= 15 is 0 Å². The predicted octanol–water partition coefficient (Wildman–Crippen LogP) is 3.69. The molecule has 4 nitrogen and oxygen atoms in total. The highest BCUT2D eigenvalue weighted by Gasteiger charge is 2.15. The van der Waals surface area contributed by atoms with E-state index in [0.29, 0.717) is 23.7 Å². The van der Waals surface area contributed by atoms with Gasteiger partial charge in [0.25, 0.3) is 0 Å². The van der Waals surface area contributed by atoms with E-state index in [2.05, 4.69) is 0 Å². The Morgan fingerprint density at radius 2 is 1.77 bits per heavy atom. The molecule has 22 heavy (non-hydrogen) atoms. The van der Waals surface area contributed by atoms with E-state index in [1.54, 1.807) is 0 Å². The molecule has 2 aromatic rings. The van der Waals surface area contributed by atoms with Gasteiger partial charge in [-0.3, -0.25) is 4.79 Å². The molecule has 0 aliphatic heterocycles. The van der Waals surface area contributed by atoms with Crippen LogP contribution in [0.25, 0.3) is 0 Å². The van der Waals surface area contributed by atoms with Crippen LogP contribution in [0.2, 0.25) is 0 Å². The van der Waals surface area contributed by atoms with Gasteiger partial charge in [0, 0.05) is 24.0 Å². The molecule has 1 heterocycles. The molecule has 0 saturated heterocycles. The first-order valence-corrected chi connectivity index (χ1v) is 7.55. The van der Waals surface area contributed by atoms with E-state index in [0.717, 1.165) is 17.8 Å². The van der Waals surface area contributed by atoms with Gasteiger partial charge in [-0.25, -0.2) is 0 Å². The Hall–Kier alpha value is -2.23. The number of rotatable bonds is 7. The summed E-state index contributed by atoms with van der Waals surface area (Å²) in [5.74, 6) is 1.26. The number of benzene rings is 1. The van der Waals surface area contributed by atoms with Crippen molar-refractivity contribution in [1.82, 2.24) is 4.57 Å². The molecule has 0 aliphatic carbocycles. The van der Waals surface area contributed by atoms with Gasteiger partial charge in [-0.05, 0) is 38.5 Å². The zero-order valence-corrected chi connectivity index (χ0v) is 13.7. The van der Waals surface area contributed by atoms with Crippen LogP contribution >= 0.6 is 0 Å². The van der Waals surface area contributed by atoms with Gasteiger partial charge in [0.2, 0.25) is 5.78 Å². The van der Waals surface area contributed by atoms with Crippen LogP contribution in [0.4, 0.5) is 0 Å². The minimum absolute atomic E-state index is 0.0107. The Bertz CT molecular complexity index is 658. The van der Waals surface area contributed by atoms with E-state index in [1.165, 1.54) is 0 Å². The van der Waals surface area contributed by atoms with Gasteiger partial charge in [-0.1, -0.05) is 19.1 Å². The number of carbonyl (C=O) groups excluding carboxylic acids is 1. The number of hydrogen-bond donors (Lipinski definition) is 0. The molecule has 1 aromatic carbocycles. The van der Waals surface area contributed by atoms with Gasteiger partial charge in [0.1, 0.15) is 0 Å². The van der Waals surface area contributed by atoms with E-state index in [4.69, 9.17) is 9.47 Å². The SMILES string of the molecule is CCCOc1ccccc1OCC(=O)c1cc(C)n(C)c1C. The third-order valence-corrected chi connectivity index (χ3v) is 3.75. The number of Topliss-reactive ketones (excluding diaryl/α,β-unsaturated/α-hetero) is 1. The molecular formula is C18H23NO3. The van der Waals surface area contributed by atoms with Crippen LogP contribution in [0.15, 0.2) is 30.3 Å². The highest BCUT2D eigenvalue weighted by Crippen LogP contribution is 2.27. The molecule has 1 aromatic heterocycles. The Kier molecular flexibility index (Phi) is 5.26. The number of para-hydroxylation sites is 2. The van der Waals surface area contributed by atoms with Gasteiger partial charge < -0.3 is 14.0 Å². The first-order chi connectivity index (χ1) is 10.5. The summed E-state index contributed by atoms with van der Waals surface area (Å²) in [6.45, 7) is 6.62. The fourth-order valence-corrected chi connectivity index (χ4v) is 2.26. The number of nitrogens with zero attached hydrogens (tertiary/aromatic N) is 1. The topological polar surface area (TPSA) is 40.5 Å². The fourth-order valence-electron chi connectivity index (χ4n) is 2.26. The van der Waals surface area contributed by atoms with Crippen LogP contribution in [0.1, 0.15) is 35.1 Å². The summed E-state index contributed by atoms with van der Waals surface area (Å²) in [6.07, 6.45) is 0.926. The van der Waals surface area contributed by atoms with Gasteiger partial charge in [0.05, 0.1) is 6.61 Å². The van der Waals surface area contributed by atoms with Crippen LogP contribution in [-0.2, 0) is 7.05 Å². The van der Waals surface area contributed by atoms with Crippen molar-refractivity contribution >= 4 is 5.78 Å². The molecule has 0 atom stereocenters. The largest absolute Gasteiger partial charge is 0.490 e. The Labute approximate surface area is 131 Å². The second-order valence-electron chi connectivity index (χ2n) is 5.35. The fraction of sp³-hybridized carbons (Fsp3) is 0.389. The second kappa shape index (κ2) is 7.16. The molecule has 0 radical (unpaired) electrons. The van der Waals surface area contributed by atoms with Crippen LogP contribution in [-0.4, -0.2) is 23.6 Å². The highest BCUT2D eigenvalue weighted by molar-refractivity contribution is 5.98. The third kappa shape index (κ3) is 3.50. The molecule has 118 valence electrons. The Balaban J connectivity index is 2.06. The summed E-state index contributed by atoms with van der Waals surface area (Å²) in [6, 6.07) is 9.34. The van der Waals surface area contributed by atoms with Crippen LogP contribution < -0.4 is 9.47 Å². The third-order valence-electron chi connectivity index (χ3n) is 3.75. The minimum Gasteiger partial charge on any atom is -0.490 e. The quantitative estimate of drug-likeness (QED) is 0.732. The Morgan fingerprint density at radius 1 is 1.14 bits per heavy atom. The van der Waals surface area contributed by atoms with Crippen molar-refractivity contribution < 1.29 is 14.3 Å². The summed E-state index contributed by atoms with van der Waals surface area (Å²) >= 11 is 0. The van der Waals surface area contributed by atoms with Crippen LogP contribution in [0, 0.1) is 13.8 Å². The highest BCUT2D eigenvalue weighted by atomic mass is 16.5. The van der Waals surface area contributed by atoms with Crippen LogP contribution in [0.5, 0.6) is 11.5 Å². The number of ether oxygens (including phenoxy) is 2. The molecule has 0 unspecified atom stereocenters. The average Bonchev–Trinajstić information content (AvgIpc) is 2.79. The van der Waals surface area contributed by atoms with Crippen LogP contribution in [0.3, 0.4) is 0 Å². The first kappa shape index (κ1) is 16.1. The molecular weight excluding hydrogens is 278 g/mol. The van der Waals surface area contributed by atoms with E-state index in [-0.39, 0.29) is 12.4 Å². The molecule has 0 amide bonds. The maximum Gasteiger partial charge on any atom is 0.202 e. The molecule has 0 N–H and O–H groups in total. The van der Waals surface area contributed by atoms with Gasteiger partial charge in [-0.2, -0.15) is 0 Å². The normalized spacial score (nSPS) is 10.5. The lowest BCUT2D eigenvalue weighted by Crippen LogP contribution is -2.13. The molecule has 0 bridgehead atoms.